The quantitative estimate of drug-likeness (QED) is 0.471. The molecule has 1 aliphatic rings. The fourth-order valence-electron chi connectivity index (χ4n) is 3.60. The Morgan fingerprint density at radius 1 is 1.06 bits per heavy atom. The Labute approximate surface area is 191 Å². The van der Waals surface area contributed by atoms with Crippen molar-refractivity contribution in [1.82, 2.24) is 4.98 Å². The molecule has 0 saturated carbocycles. The van der Waals surface area contributed by atoms with Crippen molar-refractivity contribution in [1.29, 1.82) is 0 Å². The number of esters is 1. The molecule has 0 aliphatic carbocycles. The summed E-state index contributed by atoms with van der Waals surface area (Å²) in [6.07, 6.45) is 0.700. The van der Waals surface area contributed by atoms with Crippen LogP contribution < -0.4 is 14.5 Å². The van der Waals surface area contributed by atoms with E-state index in [4.69, 9.17) is 19.3 Å². The molecule has 0 unspecified atom stereocenters. The Balaban J connectivity index is 1.72. The summed E-state index contributed by atoms with van der Waals surface area (Å²) in [7, 11) is 3.30. The van der Waals surface area contributed by atoms with Gasteiger partial charge in [-0.1, -0.05) is 23.5 Å². The van der Waals surface area contributed by atoms with Gasteiger partial charge in [-0.2, -0.15) is 5.10 Å². The number of rotatable bonds is 7. The van der Waals surface area contributed by atoms with Crippen LogP contribution in [0.1, 0.15) is 45.9 Å². The largest absolute Gasteiger partial charge is 0.497 e. The fourth-order valence-corrected chi connectivity index (χ4v) is 4.56. The maximum atomic E-state index is 12.3. The number of thiazole rings is 1. The van der Waals surface area contributed by atoms with E-state index in [2.05, 4.69) is 4.98 Å². The van der Waals surface area contributed by atoms with E-state index in [0.29, 0.717) is 28.7 Å². The van der Waals surface area contributed by atoms with Gasteiger partial charge in [0.1, 0.15) is 16.4 Å². The predicted octanol–water partition coefficient (Wildman–Crippen LogP) is 5.00. The standard InChI is InChI=1S/C24H25N3O4S/c1-5-31-23(28)22-15(2)25-24(32-22)27-21(17-8-12-19(30-4)13-9-17)14-20(26-27)16-6-10-18(29-3)11-7-16/h6-13,21H,5,14H2,1-4H3/t21-/m0/s1. The van der Waals surface area contributed by atoms with E-state index < -0.39 is 0 Å². The van der Waals surface area contributed by atoms with E-state index in [9.17, 15) is 4.79 Å². The van der Waals surface area contributed by atoms with Crippen molar-refractivity contribution in [2.45, 2.75) is 26.3 Å². The number of nitrogens with zero attached hydrogens (tertiary/aromatic N) is 3. The van der Waals surface area contributed by atoms with Crippen LogP contribution in [0.3, 0.4) is 0 Å². The number of benzene rings is 2. The molecule has 32 heavy (non-hydrogen) atoms. The van der Waals surface area contributed by atoms with Crippen molar-refractivity contribution in [2.24, 2.45) is 5.10 Å². The molecule has 0 bridgehead atoms. The number of carbonyl (C=O) groups excluding carboxylic acids is 1. The van der Waals surface area contributed by atoms with Crippen LogP contribution in [0.5, 0.6) is 11.5 Å². The summed E-state index contributed by atoms with van der Waals surface area (Å²) in [4.78, 5) is 17.5. The molecule has 2 heterocycles. The van der Waals surface area contributed by atoms with Crippen LogP contribution in [-0.4, -0.2) is 37.5 Å². The maximum absolute atomic E-state index is 12.3. The highest BCUT2D eigenvalue weighted by molar-refractivity contribution is 7.17. The van der Waals surface area contributed by atoms with Crippen molar-refractivity contribution in [3.8, 4) is 11.5 Å². The molecule has 0 radical (unpaired) electrons. The fraction of sp³-hybridized carbons (Fsp3) is 0.292. The van der Waals surface area contributed by atoms with Crippen LogP contribution in [-0.2, 0) is 4.74 Å². The lowest BCUT2D eigenvalue weighted by Crippen LogP contribution is -2.18. The zero-order chi connectivity index (χ0) is 22.7. The summed E-state index contributed by atoms with van der Waals surface area (Å²) < 4.78 is 15.8. The Morgan fingerprint density at radius 2 is 1.69 bits per heavy atom. The monoisotopic (exact) mass is 451 g/mol. The van der Waals surface area contributed by atoms with Crippen molar-refractivity contribution in [3.63, 3.8) is 0 Å². The summed E-state index contributed by atoms with van der Waals surface area (Å²) in [6, 6.07) is 15.8. The van der Waals surface area contributed by atoms with Gasteiger partial charge in [0, 0.05) is 6.42 Å². The van der Waals surface area contributed by atoms with Gasteiger partial charge in [-0.05, 0) is 61.4 Å². The third kappa shape index (κ3) is 4.31. The smallest absolute Gasteiger partial charge is 0.350 e. The minimum Gasteiger partial charge on any atom is -0.497 e. The molecule has 1 aromatic heterocycles. The average Bonchev–Trinajstić information content (AvgIpc) is 3.43. The number of aromatic nitrogens is 1. The third-order valence-corrected chi connectivity index (χ3v) is 6.40. The summed E-state index contributed by atoms with van der Waals surface area (Å²) in [5.74, 6) is 1.24. The van der Waals surface area contributed by atoms with Gasteiger partial charge in [0.15, 0.2) is 0 Å². The van der Waals surface area contributed by atoms with Crippen molar-refractivity contribution in [3.05, 3.63) is 70.2 Å². The highest BCUT2D eigenvalue weighted by Gasteiger charge is 2.33. The normalized spacial score (nSPS) is 15.4. The van der Waals surface area contributed by atoms with Crippen molar-refractivity contribution in [2.75, 3.05) is 25.8 Å². The van der Waals surface area contributed by atoms with Crippen LogP contribution >= 0.6 is 11.3 Å². The highest BCUT2D eigenvalue weighted by atomic mass is 32.1. The predicted molar refractivity (Wildman–Crippen MR) is 125 cm³/mol. The van der Waals surface area contributed by atoms with Gasteiger partial charge in [-0.25, -0.2) is 14.8 Å². The number of hydrogen-bond donors (Lipinski definition) is 0. The van der Waals surface area contributed by atoms with E-state index in [0.717, 1.165) is 28.3 Å². The van der Waals surface area contributed by atoms with Gasteiger partial charge in [0.2, 0.25) is 5.13 Å². The Bertz CT molecular complexity index is 1120. The van der Waals surface area contributed by atoms with Gasteiger partial charge < -0.3 is 14.2 Å². The van der Waals surface area contributed by atoms with E-state index in [1.165, 1.54) is 11.3 Å². The number of carbonyl (C=O) groups is 1. The molecule has 0 saturated heterocycles. The molecule has 0 fully saturated rings. The number of anilines is 1. The number of hydrazone groups is 1. The van der Waals surface area contributed by atoms with Gasteiger partial charge in [0.05, 0.1) is 38.3 Å². The van der Waals surface area contributed by atoms with Crippen molar-refractivity contribution >= 4 is 28.1 Å². The first-order valence-corrected chi connectivity index (χ1v) is 11.1. The first-order chi connectivity index (χ1) is 15.5. The number of ether oxygens (including phenoxy) is 3. The molecule has 166 valence electrons. The number of hydrogen-bond acceptors (Lipinski definition) is 8. The summed E-state index contributed by atoms with van der Waals surface area (Å²) >= 11 is 1.30. The van der Waals surface area contributed by atoms with Gasteiger partial charge in [-0.3, -0.25) is 0 Å². The van der Waals surface area contributed by atoms with Gasteiger partial charge >= 0.3 is 5.97 Å². The summed E-state index contributed by atoms with van der Waals surface area (Å²) in [5.41, 5.74) is 3.69. The van der Waals surface area contributed by atoms with E-state index >= 15 is 0 Å². The first-order valence-electron chi connectivity index (χ1n) is 10.3. The van der Waals surface area contributed by atoms with Crippen LogP contribution in [0.4, 0.5) is 5.13 Å². The zero-order valence-corrected chi connectivity index (χ0v) is 19.3. The molecule has 0 N–H and O–H groups in total. The van der Waals surface area contributed by atoms with E-state index in [-0.39, 0.29) is 12.0 Å². The summed E-state index contributed by atoms with van der Waals surface area (Å²) in [6.45, 7) is 3.93. The topological polar surface area (TPSA) is 73.2 Å². The van der Waals surface area contributed by atoms with Gasteiger partial charge in [0.25, 0.3) is 0 Å². The van der Waals surface area contributed by atoms with Crippen LogP contribution in [0.25, 0.3) is 0 Å². The Hall–Kier alpha value is -3.39. The summed E-state index contributed by atoms with van der Waals surface area (Å²) in [5, 5.41) is 7.48. The molecule has 2 aromatic carbocycles. The van der Waals surface area contributed by atoms with Crippen LogP contribution in [0.15, 0.2) is 53.6 Å². The zero-order valence-electron chi connectivity index (χ0n) is 18.5. The molecule has 7 nitrogen and oxygen atoms in total. The van der Waals surface area contributed by atoms with E-state index in [1.54, 1.807) is 21.1 Å². The maximum Gasteiger partial charge on any atom is 0.350 e. The van der Waals surface area contributed by atoms with Gasteiger partial charge in [-0.15, -0.1) is 0 Å². The number of methoxy groups -OCH3 is 2. The molecular formula is C24H25N3O4S. The number of aryl methyl sites for hydroxylation is 1. The van der Waals surface area contributed by atoms with E-state index in [1.807, 2.05) is 60.5 Å². The molecular weight excluding hydrogens is 426 g/mol. The van der Waals surface area contributed by atoms with Crippen molar-refractivity contribution < 1.29 is 19.0 Å². The van der Waals surface area contributed by atoms with Crippen LogP contribution in [0, 0.1) is 6.92 Å². The van der Waals surface area contributed by atoms with Crippen LogP contribution in [0.2, 0.25) is 0 Å². The minimum absolute atomic E-state index is 0.0568. The second kappa shape index (κ2) is 9.40. The highest BCUT2D eigenvalue weighted by Crippen LogP contribution is 2.40. The Morgan fingerprint density at radius 3 is 2.28 bits per heavy atom. The third-order valence-electron chi connectivity index (χ3n) is 5.28. The lowest BCUT2D eigenvalue weighted by molar-refractivity contribution is 0.0531. The molecule has 3 aromatic rings. The second-order valence-electron chi connectivity index (χ2n) is 7.24. The molecule has 0 spiro atoms. The second-order valence-corrected chi connectivity index (χ2v) is 8.22. The molecule has 1 aliphatic heterocycles. The minimum atomic E-state index is -0.353. The Kier molecular flexibility index (Phi) is 6.41. The lowest BCUT2D eigenvalue weighted by atomic mass is 9.98. The molecule has 8 heteroatoms. The SMILES string of the molecule is CCOC(=O)c1sc(N2N=C(c3ccc(OC)cc3)C[C@H]2c2ccc(OC)cc2)nc1C. The first kappa shape index (κ1) is 21.8. The average molecular weight is 452 g/mol. The molecule has 1 atom stereocenters. The molecule has 4 rings (SSSR count). The lowest BCUT2D eigenvalue weighted by Gasteiger charge is -2.21. The molecule has 0 amide bonds.